The summed E-state index contributed by atoms with van der Waals surface area (Å²) in [6.07, 6.45) is 1.58. The van der Waals surface area contributed by atoms with E-state index in [1.165, 1.54) is 9.80 Å². The number of amides is 2. The fourth-order valence-electron chi connectivity index (χ4n) is 1.68. The number of carbonyl (C=O) groups is 2. The molecule has 0 aromatic carbocycles. The maximum Gasteiger partial charge on any atom is 0.312 e. The Balaban J connectivity index is 2.09. The lowest BCUT2D eigenvalue weighted by Crippen LogP contribution is -2.52. The molecule has 1 aliphatic rings. The van der Waals surface area contributed by atoms with E-state index in [0.29, 0.717) is 24.8 Å². The molecule has 2 heterocycles. The summed E-state index contributed by atoms with van der Waals surface area (Å²) in [4.78, 5) is 30.0. The topological polar surface area (TPSA) is 53.5 Å². The summed E-state index contributed by atoms with van der Waals surface area (Å²) in [6, 6.07) is 3.47. The smallest absolute Gasteiger partial charge is 0.312 e. The summed E-state index contributed by atoms with van der Waals surface area (Å²) in [5.74, 6) is -0.928. The predicted molar refractivity (Wildman–Crippen MR) is 62.3 cm³/mol. The maximum absolute atomic E-state index is 11.7. The van der Waals surface area contributed by atoms with E-state index in [9.17, 15) is 9.59 Å². The number of carbonyl (C=O) groups excluding carboxylic acids is 2. The third-order valence-electron chi connectivity index (χ3n) is 2.69. The number of nitrogens with zero attached hydrogens (tertiary/aromatic N) is 3. The van der Waals surface area contributed by atoms with Crippen LogP contribution in [0.1, 0.15) is 5.56 Å². The standard InChI is InChI=1S/C11H12ClN3O2/c1-14-4-5-15(11(17)10(14)16)7-8-2-3-13-9(12)6-8/h2-3,6H,4-5,7H2,1H3. The van der Waals surface area contributed by atoms with Crippen LogP contribution < -0.4 is 0 Å². The van der Waals surface area contributed by atoms with Gasteiger partial charge in [0, 0.05) is 32.9 Å². The fraction of sp³-hybridized carbons (Fsp3) is 0.364. The zero-order valence-corrected chi connectivity index (χ0v) is 10.1. The SMILES string of the molecule is CN1CCN(Cc2ccnc(Cl)c2)C(=O)C1=O. The van der Waals surface area contributed by atoms with Gasteiger partial charge < -0.3 is 9.80 Å². The van der Waals surface area contributed by atoms with Crippen molar-refractivity contribution in [1.82, 2.24) is 14.8 Å². The van der Waals surface area contributed by atoms with Gasteiger partial charge in [-0.15, -0.1) is 0 Å². The van der Waals surface area contributed by atoms with E-state index >= 15 is 0 Å². The van der Waals surface area contributed by atoms with Crippen molar-refractivity contribution in [3.8, 4) is 0 Å². The van der Waals surface area contributed by atoms with Gasteiger partial charge in [-0.05, 0) is 17.7 Å². The van der Waals surface area contributed by atoms with Crippen molar-refractivity contribution in [3.05, 3.63) is 29.0 Å². The number of likely N-dealkylation sites (N-methyl/N-ethyl adjacent to an activating group) is 1. The summed E-state index contributed by atoms with van der Waals surface area (Å²) < 4.78 is 0. The van der Waals surface area contributed by atoms with Crippen molar-refractivity contribution in [2.45, 2.75) is 6.54 Å². The summed E-state index contributed by atoms with van der Waals surface area (Å²) in [5.41, 5.74) is 0.871. The van der Waals surface area contributed by atoms with Crippen LogP contribution in [-0.4, -0.2) is 46.7 Å². The Kier molecular flexibility index (Phi) is 3.28. The number of aromatic nitrogens is 1. The molecule has 0 saturated carbocycles. The first-order valence-corrected chi connectivity index (χ1v) is 5.60. The Hall–Kier alpha value is -1.62. The van der Waals surface area contributed by atoms with Gasteiger partial charge in [0.1, 0.15) is 5.15 Å². The Labute approximate surface area is 104 Å². The van der Waals surface area contributed by atoms with Crippen LogP contribution in [0.4, 0.5) is 0 Å². The molecule has 0 atom stereocenters. The summed E-state index contributed by atoms with van der Waals surface area (Å²) in [5, 5.41) is 0.385. The molecule has 0 aliphatic carbocycles. The molecule has 90 valence electrons. The van der Waals surface area contributed by atoms with Gasteiger partial charge in [-0.25, -0.2) is 4.98 Å². The van der Waals surface area contributed by atoms with Crippen LogP contribution in [0.2, 0.25) is 5.15 Å². The number of halogens is 1. The molecule has 6 heteroatoms. The van der Waals surface area contributed by atoms with E-state index < -0.39 is 11.8 Å². The molecule has 0 unspecified atom stereocenters. The van der Waals surface area contributed by atoms with Gasteiger partial charge in [-0.3, -0.25) is 9.59 Å². The molecular weight excluding hydrogens is 242 g/mol. The van der Waals surface area contributed by atoms with E-state index in [4.69, 9.17) is 11.6 Å². The van der Waals surface area contributed by atoms with Crippen LogP contribution in [0.15, 0.2) is 18.3 Å². The van der Waals surface area contributed by atoms with Gasteiger partial charge in [0.25, 0.3) is 0 Å². The lowest BCUT2D eigenvalue weighted by atomic mass is 10.2. The summed E-state index contributed by atoms with van der Waals surface area (Å²) in [6.45, 7) is 1.49. The Bertz CT molecular complexity index is 464. The molecule has 0 N–H and O–H groups in total. The van der Waals surface area contributed by atoms with Crippen LogP contribution in [-0.2, 0) is 16.1 Å². The molecule has 5 nitrogen and oxygen atoms in total. The third-order valence-corrected chi connectivity index (χ3v) is 2.89. The molecule has 2 rings (SSSR count). The molecule has 0 spiro atoms. The molecule has 2 amide bonds. The van der Waals surface area contributed by atoms with Crippen LogP contribution in [0, 0.1) is 0 Å². The van der Waals surface area contributed by atoms with E-state index in [-0.39, 0.29) is 0 Å². The van der Waals surface area contributed by atoms with Crippen LogP contribution in [0.25, 0.3) is 0 Å². The lowest BCUT2D eigenvalue weighted by Gasteiger charge is -2.31. The molecule has 1 aromatic rings. The molecule has 17 heavy (non-hydrogen) atoms. The second kappa shape index (κ2) is 4.71. The molecule has 1 fully saturated rings. The predicted octanol–water partition coefficient (Wildman–Crippen LogP) is 0.536. The van der Waals surface area contributed by atoms with Crippen molar-refractivity contribution in [2.75, 3.05) is 20.1 Å². The van der Waals surface area contributed by atoms with E-state index in [2.05, 4.69) is 4.98 Å². The summed E-state index contributed by atoms with van der Waals surface area (Å²) >= 11 is 5.76. The van der Waals surface area contributed by atoms with E-state index in [0.717, 1.165) is 5.56 Å². The minimum Gasteiger partial charge on any atom is -0.336 e. The second-order valence-electron chi connectivity index (χ2n) is 3.94. The molecule has 0 bridgehead atoms. The molecule has 1 saturated heterocycles. The molecule has 0 radical (unpaired) electrons. The fourth-order valence-corrected chi connectivity index (χ4v) is 1.88. The monoisotopic (exact) mass is 253 g/mol. The zero-order chi connectivity index (χ0) is 12.4. The Morgan fingerprint density at radius 1 is 1.35 bits per heavy atom. The highest BCUT2D eigenvalue weighted by atomic mass is 35.5. The first kappa shape index (κ1) is 11.9. The number of hydrogen-bond donors (Lipinski definition) is 0. The molecule has 1 aliphatic heterocycles. The highest BCUT2D eigenvalue weighted by Gasteiger charge is 2.29. The third kappa shape index (κ3) is 2.55. The van der Waals surface area contributed by atoms with Gasteiger partial charge >= 0.3 is 11.8 Å². The largest absolute Gasteiger partial charge is 0.336 e. The summed E-state index contributed by atoms with van der Waals surface area (Å²) in [7, 11) is 1.63. The zero-order valence-electron chi connectivity index (χ0n) is 9.39. The van der Waals surface area contributed by atoms with Crippen molar-refractivity contribution >= 4 is 23.4 Å². The Morgan fingerprint density at radius 3 is 2.82 bits per heavy atom. The van der Waals surface area contributed by atoms with Gasteiger partial charge in [0.2, 0.25) is 0 Å². The number of rotatable bonds is 2. The normalized spacial score (nSPS) is 16.6. The second-order valence-corrected chi connectivity index (χ2v) is 4.33. The minimum absolute atomic E-state index is 0.385. The van der Waals surface area contributed by atoms with E-state index in [1.807, 2.05) is 0 Å². The molecule has 1 aromatic heterocycles. The highest BCUT2D eigenvalue weighted by molar-refractivity contribution is 6.35. The first-order chi connectivity index (χ1) is 8.08. The quantitative estimate of drug-likeness (QED) is 0.571. The molecular formula is C11H12ClN3O2. The number of hydrogen-bond acceptors (Lipinski definition) is 3. The maximum atomic E-state index is 11.7. The van der Waals surface area contributed by atoms with Crippen molar-refractivity contribution < 1.29 is 9.59 Å². The van der Waals surface area contributed by atoms with Gasteiger partial charge in [0.05, 0.1) is 0 Å². The lowest BCUT2D eigenvalue weighted by molar-refractivity contribution is -0.155. The average molecular weight is 254 g/mol. The van der Waals surface area contributed by atoms with Crippen LogP contribution >= 0.6 is 11.6 Å². The highest BCUT2D eigenvalue weighted by Crippen LogP contribution is 2.12. The average Bonchev–Trinajstić information content (AvgIpc) is 2.30. The van der Waals surface area contributed by atoms with Crippen LogP contribution in [0.3, 0.4) is 0 Å². The number of pyridine rings is 1. The van der Waals surface area contributed by atoms with Gasteiger partial charge in [-0.2, -0.15) is 0 Å². The van der Waals surface area contributed by atoms with E-state index in [1.54, 1.807) is 25.4 Å². The van der Waals surface area contributed by atoms with Gasteiger partial charge in [0.15, 0.2) is 0 Å². The van der Waals surface area contributed by atoms with Crippen molar-refractivity contribution in [2.24, 2.45) is 0 Å². The first-order valence-electron chi connectivity index (χ1n) is 5.23. The Morgan fingerprint density at radius 2 is 2.12 bits per heavy atom. The van der Waals surface area contributed by atoms with Crippen molar-refractivity contribution in [1.29, 1.82) is 0 Å². The number of piperazine rings is 1. The van der Waals surface area contributed by atoms with Crippen molar-refractivity contribution in [3.63, 3.8) is 0 Å². The van der Waals surface area contributed by atoms with Gasteiger partial charge in [-0.1, -0.05) is 11.6 Å². The minimum atomic E-state index is -0.466. The van der Waals surface area contributed by atoms with Crippen LogP contribution in [0.5, 0.6) is 0 Å².